The van der Waals surface area contributed by atoms with E-state index in [1.54, 1.807) is 0 Å². The Bertz CT molecular complexity index is 2200. The Balaban J connectivity index is 0.000000183. The smallest absolute Gasteiger partial charge is 0.348 e. The van der Waals surface area contributed by atoms with E-state index in [9.17, 15) is 0 Å². The number of rotatable bonds is 5. The number of fused-ring (bicyclic) bond motifs is 6. The van der Waals surface area contributed by atoms with Crippen LogP contribution in [0, 0.1) is 39.2 Å². The molecule has 44 heavy (non-hydrogen) atoms. The summed E-state index contributed by atoms with van der Waals surface area (Å²) in [5.74, 6) is 0. The molecule has 0 N–H and O–H groups in total. The van der Waals surface area contributed by atoms with Crippen LogP contribution in [0.2, 0.25) is 0 Å². The van der Waals surface area contributed by atoms with Crippen molar-refractivity contribution >= 4 is 38.1 Å². The van der Waals surface area contributed by atoms with Crippen LogP contribution in [0.5, 0.6) is 0 Å². The fraction of sp³-hybridized carbons (Fsp3) is 0.179. The van der Waals surface area contributed by atoms with Gasteiger partial charge in [0.05, 0.1) is 12.1 Å². The molecule has 0 aliphatic rings. The molecule has 0 unspecified atom stereocenters. The number of nitrogens with zero attached hydrogens (tertiary/aromatic N) is 4. The van der Waals surface area contributed by atoms with Crippen molar-refractivity contribution in [2.24, 2.45) is 0 Å². The molecule has 0 fully saturated rings. The molecule has 0 aliphatic heterocycles. The zero-order valence-electron chi connectivity index (χ0n) is 25.5. The summed E-state index contributed by atoms with van der Waals surface area (Å²) in [6.07, 6.45) is 11.9. The van der Waals surface area contributed by atoms with Crippen molar-refractivity contribution in [3.63, 3.8) is 0 Å². The summed E-state index contributed by atoms with van der Waals surface area (Å²) in [6, 6.07) is 34.6. The maximum Gasteiger partial charge on any atom is 3.00 e. The first-order chi connectivity index (χ1) is 21.0. The second-order valence-corrected chi connectivity index (χ2v) is 11.4. The average molecular weight is 751 g/mol. The van der Waals surface area contributed by atoms with Gasteiger partial charge in [-0.05, 0) is 43.0 Å². The molecule has 218 valence electrons. The van der Waals surface area contributed by atoms with Crippen LogP contribution in [0.1, 0.15) is 36.5 Å². The number of para-hydroxylation sites is 2. The normalized spacial score (nSPS) is 11.3. The van der Waals surface area contributed by atoms with Crippen LogP contribution in [0.4, 0.5) is 0 Å². The van der Waals surface area contributed by atoms with Crippen molar-refractivity contribution in [1.29, 1.82) is 0 Å². The number of hydrogen-bond acceptors (Lipinski definition) is 1. The predicted octanol–water partition coefficient (Wildman–Crippen LogP) is 8.79. The number of imidazole rings is 1. The zero-order valence-corrected chi connectivity index (χ0v) is 27.9. The minimum atomic E-state index is 0. The Labute approximate surface area is 272 Å². The SMILES string of the molecule is CCCC[n+]1[c-]n(-c2[c-]cc3c4cccc5c6ccccc6n(c3c2)c54)cc1.Cc1c[c-]c(-c2cc(C)c(C)cn2)cc1.[Ir+3]. The summed E-state index contributed by atoms with van der Waals surface area (Å²) >= 11 is 0. The minimum Gasteiger partial charge on any atom is -0.348 e. The van der Waals surface area contributed by atoms with Crippen molar-refractivity contribution in [3.8, 4) is 16.9 Å². The number of benzene rings is 4. The summed E-state index contributed by atoms with van der Waals surface area (Å²) in [5.41, 5.74) is 10.6. The van der Waals surface area contributed by atoms with E-state index in [0.717, 1.165) is 23.5 Å². The molecule has 0 spiro atoms. The molecule has 4 nitrogen and oxygen atoms in total. The maximum atomic E-state index is 4.41. The number of pyridine rings is 1. The van der Waals surface area contributed by atoms with Crippen LogP contribution in [-0.4, -0.2) is 14.0 Å². The number of unbranched alkanes of at least 4 members (excludes halogenated alkanes) is 1. The molecule has 5 heteroatoms. The van der Waals surface area contributed by atoms with Crippen LogP contribution in [0.25, 0.3) is 55.0 Å². The van der Waals surface area contributed by atoms with Gasteiger partial charge in [0, 0.05) is 34.9 Å². The van der Waals surface area contributed by atoms with E-state index >= 15 is 0 Å². The standard InChI is InChI=1S/C25H20N3.C14H14N.Ir/c1-2-3-13-26-14-15-27(17-26)18-11-12-20-22-9-6-8-21-19-7-4-5-10-23(19)28(25(21)22)24(20)16-18;1-10-4-6-13(7-5-10)14-8-11(2)12(3)9-15-14;/h4-10,12,14-16H,2-3,13H2,1H3;4-6,8-9H,1-3H3;/q2*-1;+3. The molecule has 4 heterocycles. The van der Waals surface area contributed by atoms with E-state index in [1.165, 1.54) is 67.6 Å². The Morgan fingerprint density at radius 3 is 2.36 bits per heavy atom. The van der Waals surface area contributed by atoms with Gasteiger partial charge in [-0.15, -0.1) is 46.8 Å². The van der Waals surface area contributed by atoms with Gasteiger partial charge in [0.25, 0.3) is 0 Å². The van der Waals surface area contributed by atoms with Crippen molar-refractivity contribution in [1.82, 2.24) is 14.0 Å². The van der Waals surface area contributed by atoms with Crippen LogP contribution >= 0.6 is 0 Å². The van der Waals surface area contributed by atoms with E-state index in [2.05, 4.69) is 145 Å². The number of aromatic nitrogens is 4. The largest absolute Gasteiger partial charge is 3.00 e. The molecule has 0 saturated carbocycles. The summed E-state index contributed by atoms with van der Waals surface area (Å²) in [7, 11) is 0. The third-order valence-corrected chi connectivity index (χ3v) is 8.40. The molecular weight excluding hydrogens is 717 g/mol. The van der Waals surface area contributed by atoms with Gasteiger partial charge in [-0.3, -0.25) is 0 Å². The van der Waals surface area contributed by atoms with Gasteiger partial charge in [-0.2, -0.15) is 12.1 Å². The van der Waals surface area contributed by atoms with Gasteiger partial charge in [0.1, 0.15) is 0 Å². The van der Waals surface area contributed by atoms with E-state index in [4.69, 9.17) is 0 Å². The summed E-state index contributed by atoms with van der Waals surface area (Å²) in [5, 5.41) is 5.17. The number of aryl methyl sites for hydroxylation is 4. The molecule has 0 radical (unpaired) electrons. The third-order valence-electron chi connectivity index (χ3n) is 8.40. The molecule has 0 atom stereocenters. The van der Waals surface area contributed by atoms with Gasteiger partial charge in [0.15, 0.2) is 0 Å². The molecule has 4 aromatic carbocycles. The van der Waals surface area contributed by atoms with Crippen molar-refractivity contribution < 1.29 is 24.7 Å². The van der Waals surface area contributed by atoms with E-state index in [0.29, 0.717) is 0 Å². The maximum absolute atomic E-state index is 4.41. The first-order valence-electron chi connectivity index (χ1n) is 15.0. The predicted molar refractivity (Wildman–Crippen MR) is 176 cm³/mol. The van der Waals surface area contributed by atoms with Crippen LogP contribution < -0.4 is 4.57 Å². The average Bonchev–Trinajstić information content (AvgIpc) is 3.74. The Morgan fingerprint density at radius 1 is 0.795 bits per heavy atom. The number of hydrogen-bond donors (Lipinski definition) is 0. The monoisotopic (exact) mass is 751 g/mol. The second-order valence-electron chi connectivity index (χ2n) is 11.4. The summed E-state index contributed by atoms with van der Waals surface area (Å²) < 4.78 is 6.58. The second kappa shape index (κ2) is 12.4. The van der Waals surface area contributed by atoms with Gasteiger partial charge >= 0.3 is 20.1 Å². The first kappa shape index (κ1) is 29.7. The first-order valence-corrected chi connectivity index (χ1v) is 15.0. The molecule has 0 bridgehead atoms. The molecule has 4 aromatic heterocycles. The molecule has 8 rings (SSSR count). The fourth-order valence-electron chi connectivity index (χ4n) is 5.87. The molecule has 0 saturated heterocycles. The van der Waals surface area contributed by atoms with E-state index in [-0.39, 0.29) is 20.1 Å². The van der Waals surface area contributed by atoms with Crippen molar-refractivity contribution in [3.05, 3.63) is 133 Å². The Hall–Kier alpha value is -4.31. The van der Waals surface area contributed by atoms with Gasteiger partial charge < -0.3 is 18.5 Å². The Morgan fingerprint density at radius 2 is 1.59 bits per heavy atom. The van der Waals surface area contributed by atoms with Crippen LogP contribution in [0.3, 0.4) is 0 Å². The van der Waals surface area contributed by atoms with Crippen LogP contribution in [-0.2, 0) is 26.7 Å². The van der Waals surface area contributed by atoms with E-state index in [1.807, 2.05) is 16.8 Å². The third kappa shape index (κ3) is 5.32. The zero-order chi connectivity index (χ0) is 29.5. The molecule has 8 aromatic rings. The summed E-state index contributed by atoms with van der Waals surface area (Å²) in [6.45, 7) is 9.46. The molecule has 0 aliphatic carbocycles. The minimum absolute atomic E-state index is 0. The van der Waals surface area contributed by atoms with Crippen molar-refractivity contribution in [2.45, 2.75) is 47.1 Å². The van der Waals surface area contributed by atoms with Crippen LogP contribution in [0.15, 0.2) is 97.5 Å². The topological polar surface area (TPSA) is 26.1 Å². The van der Waals surface area contributed by atoms with Gasteiger partial charge in [0.2, 0.25) is 6.33 Å². The molecule has 0 amide bonds. The fourth-order valence-corrected chi connectivity index (χ4v) is 5.87. The Kier molecular flexibility index (Phi) is 8.35. The van der Waals surface area contributed by atoms with Crippen molar-refractivity contribution in [2.75, 3.05) is 0 Å². The summed E-state index contributed by atoms with van der Waals surface area (Å²) in [4.78, 5) is 4.41. The quantitative estimate of drug-likeness (QED) is 0.128. The van der Waals surface area contributed by atoms with Gasteiger partial charge in [-0.25, -0.2) is 0 Å². The van der Waals surface area contributed by atoms with E-state index < -0.39 is 0 Å². The van der Waals surface area contributed by atoms with Gasteiger partial charge in [-0.1, -0.05) is 79.5 Å². The molecular formula is C39H34IrN4+.